The molecule has 0 spiro atoms. The van der Waals surface area contributed by atoms with Crippen LogP contribution in [0, 0.1) is 34.0 Å². The summed E-state index contributed by atoms with van der Waals surface area (Å²) in [4.78, 5) is 25.6. The van der Waals surface area contributed by atoms with Gasteiger partial charge in [0.05, 0.1) is 37.8 Å². The molecule has 0 aliphatic heterocycles. The first-order valence-electron chi connectivity index (χ1n) is 9.58. The third-order valence-corrected chi connectivity index (χ3v) is 5.98. The zero-order valence-electron chi connectivity index (χ0n) is 17.3. The number of aliphatic hydroxyl groups is 1. The van der Waals surface area contributed by atoms with Crippen molar-refractivity contribution >= 4 is 23.5 Å². The highest BCUT2D eigenvalue weighted by Crippen LogP contribution is 2.58. The van der Waals surface area contributed by atoms with E-state index in [1.165, 1.54) is 0 Å². The molecule has 32 heavy (non-hydrogen) atoms. The molecule has 0 aromatic heterocycles. The van der Waals surface area contributed by atoms with Crippen LogP contribution in [-0.2, 0) is 19.1 Å². The lowest BCUT2D eigenvalue weighted by atomic mass is 9.54. The van der Waals surface area contributed by atoms with E-state index in [2.05, 4.69) is 12.1 Å². The van der Waals surface area contributed by atoms with E-state index in [-0.39, 0.29) is 5.57 Å². The molecule has 2 aromatic rings. The second kappa shape index (κ2) is 9.13. The normalized spacial score (nSPS) is 21.7. The predicted molar refractivity (Wildman–Crippen MR) is 114 cm³/mol. The predicted octanol–water partition coefficient (Wildman–Crippen LogP) is 4.03. The average molecular weight is 451 g/mol. The number of esters is 2. The van der Waals surface area contributed by atoms with Gasteiger partial charge in [0.25, 0.3) is 0 Å². The van der Waals surface area contributed by atoms with Crippen molar-refractivity contribution < 1.29 is 24.2 Å². The largest absolute Gasteiger partial charge is 0.511 e. The Labute approximate surface area is 190 Å². The molecule has 162 valence electrons. The standard InChI is InChI=1S/C24H19ClN2O5/c1-31-22(29)17-19(14-6-4-3-5-7-14)24(12-26,13-27)20(15-8-10-16(25)11-9-15)18(21(17)28)23(30)32-2/h3-11,18-20,28H,1-2H3/t18-,19+,20-/m0/s1. The van der Waals surface area contributed by atoms with Crippen molar-refractivity contribution in [2.45, 2.75) is 11.8 Å². The van der Waals surface area contributed by atoms with Crippen molar-refractivity contribution in [1.82, 2.24) is 0 Å². The molecule has 0 fully saturated rings. The second-order valence-corrected chi connectivity index (χ2v) is 7.69. The average Bonchev–Trinajstić information content (AvgIpc) is 2.83. The summed E-state index contributed by atoms with van der Waals surface area (Å²) >= 11 is 6.01. The summed E-state index contributed by atoms with van der Waals surface area (Å²) in [5, 5.41) is 32.4. The van der Waals surface area contributed by atoms with Crippen molar-refractivity contribution in [1.29, 1.82) is 10.5 Å². The number of rotatable bonds is 4. The van der Waals surface area contributed by atoms with Gasteiger partial charge in [0.2, 0.25) is 0 Å². The summed E-state index contributed by atoms with van der Waals surface area (Å²) in [7, 11) is 2.24. The van der Waals surface area contributed by atoms with Crippen molar-refractivity contribution in [2.24, 2.45) is 11.3 Å². The van der Waals surface area contributed by atoms with E-state index >= 15 is 0 Å². The molecular formula is C24H19ClN2O5. The van der Waals surface area contributed by atoms with Gasteiger partial charge in [0.15, 0.2) is 5.41 Å². The van der Waals surface area contributed by atoms with E-state index < -0.39 is 40.9 Å². The fraction of sp³-hybridized carbons (Fsp3) is 0.250. The van der Waals surface area contributed by atoms with Gasteiger partial charge in [-0.3, -0.25) is 4.79 Å². The first-order chi connectivity index (χ1) is 15.4. The minimum atomic E-state index is -1.97. The van der Waals surface area contributed by atoms with Gasteiger partial charge >= 0.3 is 11.9 Å². The van der Waals surface area contributed by atoms with E-state index in [1.807, 2.05) is 0 Å². The number of carbonyl (C=O) groups excluding carboxylic acids is 2. The summed E-state index contributed by atoms with van der Waals surface area (Å²) in [6.45, 7) is 0. The molecule has 1 aliphatic rings. The number of halogens is 1. The molecule has 1 aliphatic carbocycles. The number of benzene rings is 2. The molecule has 1 N–H and O–H groups in total. The first kappa shape index (κ1) is 22.9. The quantitative estimate of drug-likeness (QED) is 0.698. The molecule has 8 heteroatoms. The maximum Gasteiger partial charge on any atom is 0.337 e. The fourth-order valence-corrected chi connectivity index (χ4v) is 4.47. The summed E-state index contributed by atoms with van der Waals surface area (Å²) in [5.74, 6) is -6.30. The van der Waals surface area contributed by atoms with Crippen molar-refractivity contribution in [3.8, 4) is 12.1 Å². The molecule has 0 radical (unpaired) electrons. The second-order valence-electron chi connectivity index (χ2n) is 7.26. The van der Waals surface area contributed by atoms with E-state index in [0.29, 0.717) is 16.1 Å². The summed E-state index contributed by atoms with van der Waals surface area (Å²) < 4.78 is 9.76. The molecule has 7 nitrogen and oxygen atoms in total. The summed E-state index contributed by atoms with van der Waals surface area (Å²) in [5.41, 5.74) is -1.46. The Bertz CT molecular complexity index is 1130. The number of hydrogen-bond acceptors (Lipinski definition) is 7. The molecular weight excluding hydrogens is 432 g/mol. The lowest BCUT2D eigenvalue weighted by molar-refractivity contribution is -0.147. The number of methoxy groups -OCH3 is 2. The molecule has 0 saturated carbocycles. The smallest absolute Gasteiger partial charge is 0.337 e. The first-order valence-corrected chi connectivity index (χ1v) is 9.96. The maximum atomic E-state index is 12.8. The van der Waals surface area contributed by atoms with Crippen molar-refractivity contribution in [3.63, 3.8) is 0 Å². The van der Waals surface area contributed by atoms with Crippen LogP contribution in [0.4, 0.5) is 0 Å². The van der Waals surface area contributed by atoms with Gasteiger partial charge in [-0.15, -0.1) is 0 Å². The molecule has 0 unspecified atom stereocenters. The Hall–Kier alpha value is -3.81. The van der Waals surface area contributed by atoms with E-state index in [0.717, 1.165) is 14.2 Å². The molecule has 2 aromatic carbocycles. The van der Waals surface area contributed by atoms with Crippen LogP contribution < -0.4 is 0 Å². The van der Waals surface area contributed by atoms with Crippen molar-refractivity contribution in [3.05, 3.63) is 82.1 Å². The van der Waals surface area contributed by atoms with Gasteiger partial charge in [-0.25, -0.2) is 4.79 Å². The Kier molecular flexibility index (Phi) is 6.53. The zero-order chi connectivity index (χ0) is 23.5. The minimum absolute atomic E-state index is 0.331. The van der Waals surface area contributed by atoms with Gasteiger partial charge in [0.1, 0.15) is 11.7 Å². The summed E-state index contributed by atoms with van der Waals surface area (Å²) in [6, 6.07) is 18.8. The summed E-state index contributed by atoms with van der Waals surface area (Å²) in [6.07, 6.45) is 0. The molecule has 3 rings (SSSR count). The van der Waals surface area contributed by atoms with Gasteiger partial charge in [-0.1, -0.05) is 54.1 Å². The molecule has 0 saturated heterocycles. The minimum Gasteiger partial charge on any atom is -0.511 e. The van der Waals surface area contributed by atoms with Crippen LogP contribution in [0.3, 0.4) is 0 Å². The number of ether oxygens (including phenoxy) is 2. The number of aliphatic hydroxyl groups excluding tert-OH is 1. The Morgan fingerprint density at radius 2 is 1.56 bits per heavy atom. The lowest BCUT2D eigenvalue weighted by Crippen LogP contribution is -2.47. The highest BCUT2D eigenvalue weighted by molar-refractivity contribution is 6.30. The van der Waals surface area contributed by atoms with Crippen LogP contribution in [0.2, 0.25) is 5.02 Å². The van der Waals surface area contributed by atoms with Crippen LogP contribution in [0.5, 0.6) is 0 Å². The van der Waals surface area contributed by atoms with Crippen LogP contribution in [-0.4, -0.2) is 31.3 Å². The Morgan fingerprint density at radius 3 is 2.06 bits per heavy atom. The maximum absolute atomic E-state index is 12.8. The van der Waals surface area contributed by atoms with Gasteiger partial charge < -0.3 is 14.6 Å². The van der Waals surface area contributed by atoms with Crippen LogP contribution >= 0.6 is 11.6 Å². The molecule has 0 bridgehead atoms. The SMILES string of the molecule is COC(=O)C1=C(O)[C@@H](C(=O)OC)[C@H](c2ccc(Cl)cc2)C(C#N)(C#N)[C@@H]1c1ccccc1. The van der Waals surface area contributed by atoms with Crippen LogP contribution in [0.15, 0.2) is 65.9 Å². The zero-order valence-corrected chi connectivity index (χ0v) is 18.0. The van der Waals surface area contributed by atoms with Crippen LogP contribution in [0.25, 0.3) is 0 Å². The van der Waals surface area contributed by atoms with Crippen molar-refractivity contribution in [2.75, 3.05) is 14.2 Å². The third-order valence-electron chi connectivity index (χ3n) is 5.73. The van der Waals surface area contributed by atoms with Gasteiger partial charge in [-0.2, -0.15) is 10.5 Å². The fourth-order valence-electron chi connectivity index (χ4n) is 4.34. The molecule has 0 heterocycles. The Morgan fingerprint density at radius 1 is 0.969 bits per heavy atom. The number of hydrogen-bond donors (Lipinski definition) is 1. The Balaban J connectivity index is 2.47. The highest BCUT2D eigenvalue weighted by atomic mass is 35.5. The third kappa shape index (κ3) is 3.57. The van der Waals surface area contributed by atoms with E-state index in [9.17, 15) is 25.2 Å². The monoisotopic (exact) mass is 450 g/mol. The molecule has 3 atom stereocenters. The van der Waals surface area contributed by atoms with E-state index in [4.69, 9.17) is 21.1 Å². The van der Waals surface area contributed by atoms with Crippen LogP contribution in [0.1, 0.15) is 23.0 Å². The number of carbonyl (C=O) groups is 2. The molecule has 0 amide bonds. The van der Waals surface area contributed by atoms with Gasteiger partial charge in [-0.05, 0) is 23.3 Å². The topological polar surface area (TPSA) is 120 Å². The lowest BCUT2D eigenvalue weighted by Gasteiger charge is -2.44. The highest BCUT2D eigenvalue weighted by Gasteiger charge is 2.61. The number of nitrogens with zero attached hydrogens (tertiary/aromatic N) is 2. The number of nitriles is 2. The van der Waals surface area contributed by atoms with Gasteiger partial charge in [0, 0.05) is 10.9 Å². The van der Waals surface area contributed by atoms with E-state index in [1.54, 1.807) is 54.6 Å².